The number of hydrogen-bond donors (Lipinski definition) is 2. The van der Waals surface area contributed by atoms with Crippen LogP contribution in [-0.4, -0.2) is 34.0 Å². The number of sulfonamides is 1. The molecule has 1 aliphatic carbocycles. The summed E-state index contributed by atoms with van der Waals surface area (Å²) in [5, 5.41) is 3.24. The summed E-state index contributed by atoms with van der Waals surface area (Å²) in [5.74, 6) is -0.596. The minimum atomic E-state index is -3.99. The maximum absolute atomic E-state index is 13.1. The molecule has 0 unspecified atom stereocenters. The van der Waals surface area contributed by atoms with E-state index < -0.39 is 21.9 Å². The largest absolute Gasteiger partial charge is 0.495 e. The van der Waals surface area contributed by atoms with Crippen molar-refractivity contribution in [3.8, 4) is 5.75 Å². The zero-order valence-electron chi connectivity index (χ0n) is 19.4. The van der Waals surface area contributed by atoms with Gasteiger partial charge in [0.25, 0.3) is 15.9 Å². The Balaban J connectivity index is 1.60. The van der Waals surface area contributed by atoms with Gasteiger partial charge in [0.15, 0.2) is 0 Å². The Morgan fingerprint density at radius 1 is 1.06 bits per heavy atom. The highest BCUT2D eigenvalue weighted by atomic mass is 32.2. The second kappa shape index (κ2) is 10.5. The van der Waals surface area contributed by atoms with E-state index in [1.807, 2.05) is 0 Å². The molecule has 0 spiro atoms. The number of methoxy groups -OCH3 is 1. The highest BCUT2D eigenvalue weighted by Crippen LogP contribution is 2.39. The fourth-order valence-corrected chi connectivity index (χ4v) is 6.37. The summed E-state index contributed by atoms with van der Waals surface area (Å²) < 4.78 is 38.9. The van der Waals surface area contributed by atoms with Gasteiger partial charge in [0.1, 0.15) is 10.8 Å². The number of esters is 1. The number of hydrogen-bond acceptors (Lipinski definition) is 7. The normalized spacial score (nSPS) is 13.0. The minimum absolute atomic E-state index is 0.0767. The van der Waals surface area contributed by atoms with Crippen molar-refractivity contribution in [3.63, 3.8) is 0 Å². The number of nitrogens with one attached hydrogen (secondary N) is 2. The lowest BCUT2D eigenvalue weighted by atomic mass is 9.95. The van der Waals surface area contributed by atoms with E-state index in [-0.39, 0.29) is 22.8 Å². The highest BCUT2D eigenvalue weighted by molar-refractivity contribution is 7.92. The van der Waals surface area contributed by atoms with E-state index >= 15 is 0 Å². The first-order valence-electron chi connectivity index (χ1n) is 11.2. The second-order valence-corrected chi connectivity index (χ2v) is 10.7. The van der Waals surface area contributed by atoms with E-state index in [1.54, 1.807) is 31.2 Å². The van der Waals surface area contributed by atoms with Gasteiger partial charge in [-0.1, -0.05) is 18.2 Å². The maximum Gasteiger partial charge on any atom is 0.341 e. The predicted molar refractivity (Wildman–Crippen MR) is 135 cm³/mol. The number of para-hydroxylation sites is 2. The molecule has 35 heavy (non-hydrogen) atoms. The van der Waals surface area contributed by atoms with Gasteiger partial charge in [-0.3, -0.25) is 9.52 Å². The van der Waals surface area contributed by atoms with E-state index in [4.69, 9.17) is 9.47 Å². The van der Waals surface area contributed by atoms with Gasteiger partial charge in [-0.25, -0.2) is 13.2 Å². The van der Waals surface area contributed by atoms with Gasteiger partial charge in [0.05, 0.1) is 29.9 Å². The summed E-state index contributed by atoms with van der Waals surface area (Å²) in [6.07, 6.45) is 3.62. The average Bonchev–Trinajstić information content (AvgIpc) is 3.22. The first kappa shape index (κ1) is 24.7. The van der Waals surface area contributed by atoms with Crippen LogP contribution in [0.2, 0.25) is 0 Å². The van der Waals surface area contributed by atoms with Gasteiger partial charge in [-0.2, -0.15) is 0 Å². The van der Waals surface area contributed by atoms with Crippen LogP contribution in [0.25, 0.3) is 0 Å². The van der Waals surface area contributed by atoms with Gasteiger partial charge in [-0.05, 0) is 68.5 Å². The van der Waals surface area contributed by atoms with Gasteiger partial charge in [0, 0.05) is 10.4 Å². The van der Waals surface area contributed by atoms with Crippen LogP contribution < -0.4 is 14.8 Å². The number of ether oxygens (including phenoxy) is 2. The van der Waals surface area contributed by atoms with Gasteiger partial charge in [0.2, 0.25) is 0 Å². The number of fused-ring (bicyclic) bond motifs is 1. The Hall–Kier alpha value is -3.37. The molecule has 0 radical (unpaired) electrons. The van der Waals surface area contributed by atoms with Crippen molar-refractivity contribution in [3.05, 3.63) is 70.1 Å². The molecular weight excluding hydrogens is 488 g/mol. The number of carbonyl (C=O) groups excluding carboxylic acids is 2. The summed E-state index contributed by atoms with van der Waals surface area (Å²) >= 11 is 1.38. The van der Waals surface area contributed by atoms with Crippen LogP contribution in [0.5, 0.6) is 5.75 Å². The lowest BCUT2D eigenvalue weighted by Crippen LogP contribution is -2.17. The average molecular weight is 515 g/mol. The molecule has 0 fully saturated rings. The number of rotatable bonds is 8. The number of anilines is 2. The molecule has 0 atom stereocenters. The summed E-state index contributed by atoms with van der Waals surface area (Å²) in [4.78, 5) is 26.8. The van der Waals surface area contributed by atoms with Crippen LogP contribution >= 0.6 is 11.3 Å². The molecule has 1 heterocycles. The van der Waals surface area contributed by atoms with Crippen LogP contribution in [0, 0.1) is 0 Å². The van der Waals surface area contributed by atoms with E-state index in [1.165, 1.54) is 42.7 Å². The molecule has 3 aromatic rings. The smallest absolute Gasteiger partial charge is 0.341 e. The predicted octanol–water partition coefficient (Wildman–Crippen LogP) is 4.87. The third kappa shape index (κ3) is 5.33. The number of benzene rings is 2. The molecule has 184 valence electrons. The van der Waals surface area contributed by atoms with E-state index in [0.717, 1.165) is 36.1 Å². The summed E-state index contributed by atoms with van der Waals surface area (Å²) in [5.41, 5.74) is 1.77. The number of thiophene rings is 1. The van der Waals surface area contributed by atoms with Crippen molar-refractivity contribution >= 4 is 43.9 Å². The third-order valence-electron chi connectivity index (χ3n) is 5.64. The van der Waals surface area contributed by atoms with Gasteiger partial charge < -0.3 is 14.8 Å². The Labute approximate surface area is 208 Å². The molecule has 0 bridgehead atoms. The molecule has 1 aromatic heterocycles. The first-order valence-corrected chi connectivity index (χ1v) is 13.5. The molecule has 1 amide bonds. The monoisotopic (exact) mass is 514 g/mol. The van der Waals surface area contributed by atoms with Crippen LogP contribution in [0.4, 0.5) is 10.7 Å². The van der Waals surface area contributed by atoms with Crippen molar-refractivity contribution in [2.75, 3.05) is 23.8 Å². The number of aryl methyl sites for hydroxylation is 1. The molecule has 10 heteroatoms. The van der Waals surface area contributed by atoms with Crippen molar-refractivity contribution in [2.45, 2.75) is 37.5 Å². The van der Waals surface area contributed by atoms with Gasteiger partial charge in [-0.15, -0.1) is 11.3 Å². The molecule has 1 aliphatic rings. The molecule has 2 aromatic carbocycles. The maximum atomic E-state index is 13.1. The third-order valence-corrected chi connectivity index (χ3v) is 8.21. The lowest BCUT2D eigenvalue weighted by molar-refractivity contribution is 0.0526. The minimum Gasteiger partial charge on any atom is -0.495 e. The first-order chi connectivity index (χ1) is 16.8. The second-order valence-electron chi connectivity index (χ2n) is 7.92. The highest BCUT2D eigenvalue weighted by Gasteiger charge is 2.28. The van der Waals surface area contributed by atoms with Crippen molar-refractivity contribution in [2.24, 2.45) is 0 Å². The van der Waals surface area contributed by atoms with Crippen LogP contribution in [0.1, 0.15) is 50.9 Å². The Bertz CT molecular complexity index is 1360. The fraction of sp³-hybridized carbons (Fsp3) is 0.280. The summed E-state index contributed by atoms with van der Waals surface area (Å²) in [7, 11) is -2.54. The van der Waals surface area contributed by atoms with Crippen LogP contribution in [0.3, 0.4) is 0 Å². The Kier molecular flexibility index (Phi) is 7.42. The zero-order valence-corrected chi connectivity index (χ0v) is 21.1. The molecule has 4 rings (SSSR count). The molecule has 0 aliphatic heterocycles. The SMILES string of the molecule is CCOC(=O)c1c(NC(=O)c2cccc(S(=O)(=O)Nc3ccccc3OC)c2)sc2c1CCCC2. The quantitative estimate of drug-likeness (QED) is 0.415. The Morgan fingerprint density at radius 3 is 2.60 bits per heavy atom. The van der Waals surface area contributed by atoms with Crippen molar-refractivity contribution in [1.29, 1.82) is 0 Å². The zero-order chi connectivity index (χ0) is 25.0. The Morgan fingerprint density at radius 2 is 1.83 bits per heavy atom. The fourth-order valence-electron chi connectivity index (χ4n) is 3.99. The summed E-state index contributed by atoms with van der Waals surface area (Å²) in [6.45, 7) is 1.97. The molecular formula is C25H26N2O6S2. The van der Waals surface area contributed by atoms with Crippen LogP contribution in [-0.2, 0) is 27.6 Å². The van der Waals surface area contributed by atoms with E-state index in [9.17, 15) is 18.0 Å². The number of amides is 1. The van der Waals surface area contributed by atoms with Gasteiger partial charge >= 0.3 is 5.97 Å². The van der Waals surface area contributed by atoms with Crippen LogP contribution in [0.15, 0.2) is 53.4 Å². The molecule has 0 saturated carbocycles. The van der Waals surface area contributed by atoms with Crippen molar-refractivity contribution in [1.82, 2.24) is 0 Å². The van der Waals surface area contributed by atoms with E-state index in [0.29, 0.717) is 16.3 Å². The lowest BCUT2D eigenvalue weighted by Gasteiger charge is -2.13. The number of carbonyl (C=O) groups is 2. The van der Waals surface area contributed by atoms with Crippen molar-refractivity contribution < 1.29 is 27.5 Å². The molecule has 0 saturated heterocycles. The topological polar surface area (TPSA) is 111 Å². The standard InChI is InChI=1S/C25H26N2O6S2/c1-3-33-25(29)22-18-11-4-7-14-21(18)34-24(22)26-23(28)16-9-8-10-17(15-16)35(30,31)27-19-12-5-6-13-20(19)32-2/h5-6,8-10,12-13,15,27H,3-4,7,11,14H2,1-2H3,(H,26,28). The van der Waals surface area contributed by atoms with E-state index in [2.05, 4.69) is 10.0 Å². The molecule has 8 nitrogen and oxygen atoms in total. The summed E-state index contributed by atoms with van der Waals surface area (Å²) in [6, 6.07) is 12.4. The molecule has 2 N–H and O–H groups in total.